The van der Waals surface area contributed by atoms with Gasteiger partial charge in [0, 0.05) is 6.42 Å². The third-order valence-electron chi connectivity index (χ3n) is 11.0. The van der Waals surface area contributed by atoms with Gasteiger partial charge in [0.05, 0.1) is 39.9 Å². The Morgan fingerprint density at radius 2 is 0.984 bits per heavy atom. The molecule has 0 fully saturated rings. The van der Waals surface area contributed by atoms with E-state index in [-0.39, 0.29) is 19.1 Å². The lowest BCUT2D eigenvalue weighted by Crippen LogP contribution is -2.46. The summed E-state index contributed by atoms with van der Waals surface area (Å²) >= 11 is 0. The Labute approximate surface area is 377 Å². The molecule has 3 unspecified atom stereocenters. The smallest absolute Gasteiger partial charge is 0.391 e. The van der Waals surface area contributed by atoms with Crippen LogP contribution in [0.1, 0.15) is 213 Å². The Bertz CT molecular complexity index is 1180. The number of aliphatic hydroxyl groups excluding tert-OH is 1. The van der Waals surface area contributed by atoms with Gasteiger partial charge in [-0.25, -0.2) is 4.57 Å². The molecule has 0 saturated carbocycles. The summed E-state index contributed by atoms with van der Waals surface area (Å²) in [4.78, 5) is 23.2. The summed E-state index contributed by atoms with van der Waals surface area (Å²) in [6.45, 7) is 4.76. The molecular weight excluding hydrogens is 780 g/mol. The number of likely N-dealkylation sites (N-methyl/N-ethyl adjacent to an activating group) is 1. The number of rotatable bonds is 45. The summed E-state index contributed by atoms with van der Waals surface area (Å²) in [6.07, 6.45) is 56.8. The SMILES string of the molecule is CC/C=C\C/C=C\C/C=C\C/C=C\C/C=C\CCCCCCCC(=O)NC(COP(=O)(O)OCC[N+](C)(C)C)C(O)CCCCCCCCCCCCCCCCCCCC. The number of quaternary nitrogens is 1. The van der Waals surface area contributed by atoms with E-state index in [0.29, 0.717) is 23.9 Å². The third kappa shape index (κ3) is 46.0. The average Bonchev–Trinajstić information content (AvgIpc) is 3.21. The second-order valence-electron chi connectivity index (χ2n) is 18.2. The lowest BCUT2D eigenvalue weighted by Gasteiger charge is -2.26. The number of hydrogen-bond donors (Lipinski definition) is 3. The highest BCUT2D eigenvalue weighted by Crippen LogP contribution is 2.43. The highest BCUT2D eigenvalue weighted by atomic mass is 31.2. The van der Waals surface area contributed by atoms with Crippen LogP contribution in [0.4, 0.5) is 0 Å². The van der Waals surface area contributed by atoms with E-state index < -0.39 is 20.0 Å². The molecule has 0 aliphatic rings. The van der Waals surface area contributed by atoms with Crippen LogP contribution in [0, 0.1) is 0 Å². The van der Waals surface area contributed by atoms with Gasteiger partial charge in [0.2, 0.25) is 5.91 Å². The monoisotopic (exact) mass is 878 g/mol. The second-order valence-corrected chi connectivity index (χ2v) is 19.6. The number of carbonyl (C=O) groups is 1. The Kier molecular flexibility index (Phi) is 42.2. The highest BCUT2D eigenvalue weighted by Gasteiger charge is 2.28. The summed E-state index contributed by atoms with van der Waals surface area (Å²) < 4.78 is 23.7. The fourth-order valence-corrected chi connectivity index (χ4v) is 7.81. The topological polar surface area (TPSA) is 105 Å². The third-order valence-corrected chi connectivity index (χ3v) is 12.0. The Hall–Kier alpha value is -1.80. The molecule has 0 spiro atoms. The molecule has 0 aromatic rings. The van der Waals surface area contributed by atoms with Crippen molar-refractivity contribution in [1.82, 2.24) is 5.32 Å². The minimum absolute atomic E-state index is 0.0679. The quantitative estimate of drug-likeness (QED) is 0.0244. The number of unbranched alkanes of at least 4 members (excludes halogenated alkanes) is 22. The molecule has 0 aromatic carbocycles. The average molecular weight is 878 g/mol. The van der Waals surface area contributed by atoms with E-state index in [9.17, 15) is 19.4 Å². The van der Waals surface area contributed by atoms with E-state index in [1.807, 2.05) is 21.1 Å². The zero-order valence-electron chi connectivity index (χ0n) is 40.4. The van der Waals surface area contributed by atoms with Crippen molar-refractivity contribution >= 4 is 13.7 Å². The molecule has 1 amide bonds. The summed E-state index contributed by atoms with van der Waals surface area (Å²) in [5.41, 5.74) is 0. The first-order chi connectivity index (χ1) is 29.5. The van der Waals surface area contributed by atoms with Crippen molar-refractivity contribution in [3.05, 3.63) is 60.8 Å². The van der Waals surface area contributed by atoms with Gasteiger partial charge in [0.1, 0.15) is 13.2 Å². The Morgan fingerprint density at radius 3 is 1.44 bits per heavy atom. The van der Waals surface area contributed by atoms with Crippen molar-refractivity contribution in [3.63, 3.8) is 0 Å². The van der Waals surface area contributed by atoms with Gasteiger partial charge < -0.3 is 19.8 Å². The van der Waals surface area contributed by atoms with Gasteiger partial charge >= 0.3 is 7.82 Å². The fraction of sp³-hybridized carbons (Fsp3) is 0.788. The highest BCUT2D eigenvalue weighted by molar-refractivity contribution is 7.47. The van der Waals surface area contributed by atoms with Crippen LogP contribution in [0.25, 0.3) is 0 Å². The molecule has 0 aliphatic carbocycles. The summed E-state index contributed by atoms with van der Waals surface area (Å²) in [6, 6.07) is -0.774. The van der Waals surface area contributed by atoms with Gasteiger partial charge in [-0.15, -0.1) is 0 Å². The first kappa shape index (κ1) is 59.2. The lowest BCUT2D eigenvalue weighted by atomic mass is 10.0. The molecule has 3 N–H and O–H groups in total. The molecule has 0 aromatic heterocycles. The van der Waals surface area contributed by atoms with Gasteiger partial charge in [-0.2, -0.15) is 0 Å². The van der Waals surface area contributed by atoms with E-state index in [1.165, 1.54) is 96.3 Å². The fourth-order valence-electron chi connectivity index (χ4n) is 7.07. The van der Waals surface area contributed by atoms with Crippen LogP contribution in [0.5, 0.6) is 0 Å². The number of nitrogens with one attached hydrogen (secondary N) is 1. The van der Waals surface area contributed by atoms with Crippen LogP contribution in [-0.4, -0.2) is 73.4 Å². The van der Waals surface area contributed by atoms with Gasteiger partial charge in [0.15, 0.2) is 0 Å². The minimum Gasteiger partial charge on any atom is -0.391 e. The normalized spacial score (nSPS) is 14.7. The zero-order chi connectivity index (χ0) is 45.0. The maximum Gasteiger partial charge on any atom is 0.472 e. The van der Waals surface area contributed by atoms with E-state index >= 15 is 0 Å². The largest absolute Gasteiger partial charge is 0.472 e. The van der Waals surface area contributed by atoms with E-state index in [2.05, 4.69) is 79.9 Å². The predicted molar refractivity (Wildman–Crippen MR) is 263 cm³/mol. The van der Waals surface area contributed by atoms with Gasteiger partial charge in [-0.1, -0.05) is 209 Å². The minimum atomic E-state index is -4.33. The summed E-state index contributed by atoms with van der Waals surface area (Å²) in [5, 5.41) is 14.0. The van der Waals surface area contributed by atoms with E-state index in [1.54, 1.807) is 0 Å². The Morgan fingerprint density at radius 1 is 0.574 bits per heavy atom. The summed E-state index contributed by atoms with van der Waals surface area (Å²) in [5.74, 6) is -0.164. The number of amides is 1. The molecule has 0 aliphatic heterocycles. The number of aliphatic hydroxyl groups is 1. The molecular formula is C52H98N2O6P+. The van der Waals surface area contributed by atoms with Crippen molar-refractivity contribution < 1.29 is 32.9 Å². The maximum absolute atomic E-state index is 12.9. The first-order valence-electron chi connectivity index (χ1n) is 25.2. The first-order valence-corrected chi connectivity index (χ1v) is 26.6. The number of phosphoric ester groups is 1. The van der Waals surface area contributed by atoms with E-state index in [4.69, 9.17) is 9.05 Å². The van der Waals surface area contributed by atoms with Crippen LogP contribution >= 0.6 is 7.82 Å². The molecule has 0 saturated heterocycles. The van der Waals surface area contributed by atoms with Crippen molar-refractivity contribution in [1.29, 1.82) is 0 Å². The van der Waals surface area contributed by atoms with Crippen LogP contribution in [0.2, 0.25) is 0 Å². The number of nitrogens with zero attached hydrogens (tertiary/aromatic N) is 1. The number of carbonyl (C=O) groups excluding carboxylic acids is 1. The summed E-state index contributed by atoms with van der Waals surface area (Å²) in [7, 11) is 1.60. The number of allylic oxidation sites excluding steroid dienone is 10. The lowest BCUT2D eigenvalue weighted by molar-refractivity contribution is -0.870. The maximum atomic E-state index is 12.9. The van der Waals surface area contributed by atoms with Crippen LogP contribution in [0.3, 0.4) is 0 Å². The van der Waals surface area contributed by atoms with E-state index in [0.717, 1.165) is 89.9 Å². The molecule has 9 heteroatoms. The molecule has 0 heterocycles. The predicted octanol–water partition coefficient (Wildman–Crippen LogP) is 14.6. The molecule has 61 heavy (non-hydrogen) atoms. The zero-order valence-corrected chi connectivity index (χ0v) is 41.3. The number of phosphoric acid groups is 1. The van der Waals surface area contributed by atoms with Crippen molar-refractivity contribution in [2.75, 3.05) is 40.9 Å². The van der Waals surface area contributed by atoms with Crippen LogP contribution in [0.15, 0.2) is 60.8 Å². The molecule has 0 rings (SSSR count). The molecule has 8 nitrogen and oxygen atoms in total. The standard InChI is InChI=1S/C52H97N2O6P/c1-6-8-10-12-14-16-18-20-22-24-26-27-28-30-32-34-36-38-40-42-44-46-52(56)53-50(49-60-61(57,58)59-48-47-54(3,4)5)51(55)45-43-41-39-37-35-33-31-29-25-23-21-19-17-15-13-11-9-7-2/h8,10,14,16,20,22,26-27,30,32,50-51,55H,6-7,9,11-13,15,17-19,21,23-25,28-29,31,33-49H2,1-5H3,(H-,53,56,57,58)/p+1/b10-8-,16-14-,22-20-,27-26-,32-30-. The second kappa shape index (κ2) is 43.5. The molecule has 3 atom stereocenters. The molecule has 356 valence electrons. The van der Waals surface area contributed by atoms with Crippen LogP contribution < -0.4 is 5.32 Å². The van der Waals surface area contributed by atoms with Crippen molar-refractivity contribution in [2.45, 2.75) is 225 Å². The van der Waals surface area contributed by atoms with Gasteiger partial charge in [-0.05, 0) is 57.8 Å². The van der Waals surface area contributed by atoms with Gasteiger partial charge in [-0.3, -0.25) is 13.8 Å². The van der Waals surface area contributed by atoms with Crippen molar-refractivity contribution in [3.8, 4) is 0 Å². The number of hydrogen-bond acceptors (Lipinski definition) is 5. The van der Waals surface area contributed by atoms with Crippen LogP contribution in [-0.2, 0) is 18.4 Å². The van der Waals surface area contributed by atoms with Crippen molar-refractivity contribution in [2.24, 2.45) is 0 Å². The Balaban J connectivity index is 4.34. The molecule has 0 bridgehead atoms. The van der Waals surface area contributed by atoms with Gasteiger partial charge in [0.25, 0.3) is 0 Å². The molecule has 0 radical (unpaired) electrons.